The number of carbonyl (C=O) groups is 1. The molecule has 1 aliphatic rings. The standard InChI is InChI=1S/C19H21ClN2O2/c20-15-7-5-14-6-8-16(21-18(14)13-15)9-10-19(24)22-11-1-3-17(22)4-2-12-23/h5-10,13,17,23H,1-4,11-12H2/b10-9+. The smallest absolute Gasteiger partial charge is 0.246 e. The highest BCUT2D eigenvalue weighted by molar-refractivity contribution is 6.31. The molecule has 0 aliphatic carbocycles. The van der Waals surface area contributed by atoms with Crippen molar-refractivity contribution >= 4 is 34.5 Å². The second kappa shape index (κ2) is 7.77. The molecular formula is C19H21ClN2O2. The normalized spacial score (nSPS) is 17.9. The van der Waals surface area contributed by atoms with Gasteiger partial charge in [0.1, 0.15) is 0 Å². The van der Waals surface area contributed by atoms with Crippen LogP contribution in [0.4, 0.5) is 0 Å². The Morgan fingerprint density at radius 1 is 1.38 bits per heavy atom. The molecule has 2 aromatic rings. The highest BCUT2D eigenvalue weighted by atomic mass is 35.5. The maximum Gasteiger partial charge on any atom is 0.246 e. The second-order valence-electron chi connectivity index (χ2n) is 6.10. The lowest BCUT2D eigenvalue weighted by Crippen LogP contribution is -2.34. The number of nitrogens with zero attached hydrogens (tertiary/aromatic N) is 2. The Morgan fingerprint density at radius 3 is 3.04 bits per heavy atom. The molecule has 0 radical (unpaired) electrons. The molecule has 0 saturated carbocycles. The lowest BCUT2D eigenvalue weighted by molar-refractivity contribution is -0.126. The number of aromatic nitrogens is 1. The fraction of sp³-hybridized carbons (Fsp3) is 0.368. The lowest BCUT2D eigenvalue weighted by Gasteiger charge is -2.23. The van der Waals surface area contributed by atoms with E-state index >= 15 is 0 Å². The first-order chi connectivity index (χ1) is 11.7. The number of fused-ring (bicyclic) bond motifs is 1. The summed E-state index contributed by atoms with van der Waals surface area (Å²) in [4.78, 5) is 18.9. The molecule has 1 unspecified atom stereocenters. The van der Waals surface area contributed by atoms with Crippen molar-refractivity contribution in [1.29, 1.82) is 0 Å². The molecule has 1 aromatic carbocycles. The van der Waals surface area contributed by atoms with Crippen molar-refractivity contribution in [3.63, 3.8) is 0 Å². The zero-order chi connectivity index (χ0) is 16.9. The van der Waals surface area contributed by atoms with Gasteiger partial charge in [0.15, 0.2) is 0 Å². The van der Waals surface area contributed by atoms with Crippen LogP contribution in [-0.4, -0.2) is 40.1 Å². The number of rotatable bonds is 5. The van der Waals surface area contributed by atoms with Crippen molar-refractivity contribution < 1.29 is 9.90 Å². The van der Waals surface area contributed by atoms with Crippen LogP contribution >= 0.6 is 11.6 Å². The van der Waals surface area contributed by atoms with Crippen LogP contribution in [0.15, 0.2) is 36.4 Å². The van der Waals surface area contributed by atoms with E-state index in [0.717, 1.165) is 48.8 Å². The number of aliphatic hydroxyl groups is 1. The van der Waals surface area contributed by atoms with E-state index in [1.807, 2.05) is 35.2 Å². The zero-order valence-electron chi connectivity index (χ0n) is 13.5. The van der Waals surface area contributed by atoms with E-state index in [4.69, 9.17) is 16.7 Å². The van der Waals surface area contributed by atoms with Crippen LogP contribution in [-0.2, 0) is 4.79 Å². The van der Waals surface area contributed by atoms with E-state index in [2.05, 4.69) is 4.98 Å². The summed E-state index contributed by atoms with van der Waals surface area (Å²) in [5, 5.41) is 10.6. The predicted molar refractivity (Wildman–Crippen MR) is 96.8 cm³/mol. The molecule has 0 spiro atoms. The summed E-state index contributed by atoms with van der Waals surface area (Å²) in [6, 6.07) is 9.71. The van der Waals surface area contributed by atoms with Crippen LogP contribution in [0.1, 0.15) is 31.4 Å². The Balaban J connectivity index is 1.71. The van der Waals surface area contributed by atoms with E-state index < -0.39 is 0 Å². The highest BCUT2D eigenvalue weighted by Gasteiger charge is 2.26. The van der Waals surface area contributed by atoms with Gasteiger partial charge in [0.05, 0.1) is 11.2 Å². The van der Waals surface area contributed by atoms with E-state index in [1.54, 1.807) is 12.2 Å². The summed E-state index contributed by atoms with van der Waals surface area (Å²) >= 11 is 6.01. The molecule has 1 amide bonds. The van der Waals surface area contributed by atoms with E-state index in [9.17, 15) is 4.79 Å². The van der Waals surface area contributed by atoms with Gasteiger partial charge in [-0.1, -0.05) is 23.7 Å². The van der Waals surface area contributed by atoms with Gasteiger partial charge in [0.25, 0.3) is 0 Å². The molecule has 4 nitrogen and oxygen atoms in total. The molecule has 5 heteroatoms. The molecule has 126 valence electrons. The summed E-state index contributed by atoms with van der Waals surface area (Å²) in [5.74, 6) is 0.0171. The van der Waals surface area contributed by atoms with E-state index in [-0.39, 0.29) is 18.6 Å². The van der Waals surface area contributed by atoms with Gasteiger partial charge in [-0.25, -0.2) is 4.98 Å². The maximum atomic E-state index is 12.4. The number of carbonyl (C=O) groups excluding carboxylic acids is 1. The first kappa shape index (κ1) is 16.9. The van der Waals surface area contributed by atoms with Gasteiger partial charge in [-0.3, -0.25) is 4.79 Å². The number of halogens is 1. The Hall–Kier alpha value is -1.91. The van der Waals surface area contributed by atoms with Gasteiger partial charge >= 0.3 is 0 Å². The fourth-order valence-corrected chi connectivity index (χ4v) is 3.37. The number of benzene rings is 1. The third-order valence-electron chi connectivity index (χ3n) is 4.43. The topological polar surface area (TPSA) is 53.4 Å². The monoisotopic (exact) mass is 344 g/mol. The van der Waals surface area contributed by atoms with Crippen LogP contribution in [0.25, 0.3) is 17.0 Å². The van der Waals surface area contributed by atoms with Crippen molar-refractivity contribution in [2.75, 3.05) is 13.2 Å². The highest BCUT2D eigenvalue weighted by Crippen LogP contribution is 2.22. The molecule has 1 saturated heterocycles. The largest absolute Gasteiger partial charge is 0.396 e. The third-order valence-corrected chi connectivity index (χ3v) is 4.66. The molecule has 1 atom stereocenters. The van der Waals surface area contributed by atoms with Gasteiger partial charge in [0.2, 0.25) is 5.91 Å². The Kier molecular flexibility index (Phi) is 5.48. The molecule has 1 aromatic heterocycles. The van der Waals surface area contributed by atoms with Crippen LogP contribution in [0.3, 0.4) is 0 Å². The third kappa shape index (κ3) is 3.94. The zero-order valence-corrected chi connectivity index (χ0v) is 14.2. The van der Waals surface area contributed by atoms with E-state index in [0.29, 0.717) is 5.02 Å². The molecule has 1 N–H and O–H groups in total. The second-order valence-corrected chi connectivity index (χ2v) is 6.54. The van der Waals surface area contributed by atoms with Crippen molar-refractivity contribution in [1.82, 2.24) is 9.88 Å². The molecule has 1 fully saturated rings. The molecule has 24 heavy (non-hydrogen) atoms. The van der Waals surface area contributed by atoms with Crippen molar-refractivity contribution in [3.05, 3.63) is 47.1 Å². The van der Waals surface area contributed by atoms with Gasteiger partial charge in [0, 0.05) is 35.7 Å². The van der Waals surface area contributed by atoms with Gasteiger partial charge in [-0.05, 0) is 50.0 Å². The van der Waals surface area contributed by atoms with Gasteiger partial charge < -0.3 is 10.0 Å². The molecule has 2 heterocycles. The summed E-state index contributed by atoms with van der Waals surface area (Å²) in [5.41, 5.74) is 1.56. The minimum absolute atomic E-state index is 0.0171. The predicted octanol–water partition coefficient (Wildman–Crippen LogP) is 3.66. The number of hydrogen-bond donors (Lipinski definition) is 1. The Labute approximate surface area is 146 Å². The minimum Gasteiger partial charge on any atom is -0.396 e. The maximum absolute atomic E-state index is 12.4. The van der Waals surface area contributed by atoms with Crippen molar-refractivity contribution in [3.8, 4) is 0 Å². The van der Waals surface area contributed by atoms with Crippen LogP contribution in [0.2, 0.25) is 5.02 Å². The average molecular weight is 345 g/mol. The first-order valence-electron chi connectivity index (χ1n) is 8.33. The lowest BCUT2D eigenvalue weighted by atomic mass is 10.1. The van der Waals surface area contributed by atoms with Crippen LogP contribution < -0.4 is 0 Å². The Morgan fingerprint density at radius 2 is 2.21 bits per heavy atom. The average Bonchev–Trinajstić information content (AvgIpc) is 3.06. The molecule has 3 rings (SSSR count). The quantitative estimate of drug-likeness (QED) is 0.842. The van der Waals surface area contributed by atoms with E-state index in [1.165, 1.54) is 0 Å². The first-order valence-corrected chi connectivity index (χ1v) is 8.71. The molecular weight excluding hydrogens is 324 g/mol. The molecule has 1 aliphatic heterocycles. The summed E-state index contributed by atoms with van der Waals surface area (Å²) < 4.78 is 0. The Bertz CT molecular complexity index is 760. The number of amides is 1. The number of likely N-dealkylation sites (tertiary alicyclic amines) is 1. The number of hydrogen-bond acceptors (Lipinski definition) is 3. The van der Waals surface area contributed by atoms with Gasteiger partial charge in [-0.15, -0.1) is 0 Å². The summed E-state index contributed by atoms with van der Waals surface area (Å²) in [6.45, 7) is 0.970. The van der Waals surface area contributed by atoms with Gasteiger partial charge in [-0.2, -0.15) is 0 Å². The fourth-order valence-electron chi connectivity index (χ4n) is 3.20. The summed E-state index contributed by atoms with van der Waals surface area (Å²) in [7, 11) is 0. The number of pyridine rings is 1. The molecule has 0 bridgehead atoms. The summed E-state index contributed by atoms with van der Waals surface area (Å²) in [6.07, 6.45) is 7.00. The van der Waals surface area contributed by atoms with Crippen molar-refractivity contribution in [2.45, 2.75) is 31.7 Å². The van der Waals surface area contributed by atoms with Crippen LogP contribution in [0.5, 0.6) is 0 Å². The number of aliphatic hydroxyl groups excluding tert-OH is 1. The van der Waals surface area contributed by atoms with Crippen molar-refractivity contribution in [2.24, 2.45) is 0 Å². The SMILES string of the molecule is O=C(/C=C/c1ccc2ccc(Cl)cc2n1)N1CCCC1CCCO. The minimum atomic E-state index is 0.0171. The van der Waals surface area contributed by atoms with Crippen LogP contribution in [0, 0.1) is 0 Å².